The summed E-state index contributed by atoms with van der Waals surface area (Å²) in [5.74, 6) is -0.575. The van der Waals surface area contributed by atoms with Crippen molar-refractivity contribution < 1.29 is 14.3 Å². The summed E-state index contributed by atoms with van der Waals surface area (Å²) in [6.07, 6.45) is 7.70. The number of hydrogen-bond donors (Lipinski definition) is 3. The molecule has 1 fully saturated rings. The molecule has 1 aliphatic carbocycles. The topological polar surface area (TPSA) is 82.9 Å². The molecule has 1 amide bonds. The van der Waals surface area contributed by atoms with E-state index in [2.05, 4.69) is 15.3 Å². The number of hydrogen-bond acceptors (Lipinski definition) is 3. The van der Waals surface area contributed by atoms with Crippen molar-refractivity contribution >= 4 is 16.8 Å². The second kappa shape index (κ2) is 6.33. The van der Waals surface area contributed by atoms with Crippen LogP contribution in [0.15, 0.2) is 43.1 Å². The van der Waals surface area contributed by atoms with E-state index in [1.807, 2.05) is 10.8 Å². The molecule has 0 saturated heterocycles. The molecule has 0 radical (unpaired) electrons. The van der Waals surface area contributed by atoms with E-state index in [9.17, 15) is 14.3 Å². The van der Waals surface area contributed by atoms with E-state index in [1.54, 1.807) is 24.8 Å². The Morgan fingerprint density at radius 1 is 1.44 bits per heavy atom. The van der Waals surface area contributed by atoms with E-state index in [-0.39, 0.29) is 23.4 Å². The molecular formula is C18H19FN4O2. The van der Waals surface area contributed by atoms with Crippen LogP contribution in [0, 0.1) is 11.7 Å². The third-order valence-corrected chi connectivity index (χ3v) is 4.84. The number of rotatable bonds is 4. The maximum atomic E-state index is 13.7. The van der Waals surface area contributed by atoms with Gasteiger partial charge in [-0.1, -0.05) is 0 Å². The van der Waals surface area contributed by atoms with Gasteiger partial charge in [-0.25, -0.2) is 9.37 Å². The summed E-state index contributed by atoms with van der Waals surface area (Å²) in [6, 6.07) is 3.99. The summed E-state index contributed by atoms with van der Waals surface area (Å²) in [5, 5.41) is 13.8. The molecule has 130 valence electrons. The van der Waals surface area contributed by atoms with E-state index in [4.69, 9.17) is 0 Å². The SMILES string of the molecule is O=C(N[C@@H]1CC(Cn2ccnc2)C[C@H]1O)c1cc(F)cc2cc[nH]c12. The molecule has 1 saturated carbocycles. The van der Waals surface area contributed by atoms with Crippen LogP contribution in [0.25, 0.3) is 10.9 Å². The van der Waals surface area contributed by atoms with Crippen molar-refractivity contribution in [3.05, 3.63) is 54.5 Å². The molecule has 1 unspecified atom stereocenters. The van der Waals surface area contributed by atoms with E-state index in [1.165, 1.54) is 12.1 Å². The van der Waals surface area contributed by atoms with Crippen LogP contribution >= 0.6 is 0 Å². The van der Waals surface area contributed by atoms with Crippen LogP contribution in [0.5, 0.6) is 0 Å². The lowest BCUT2D eigenvalue weighted by Crippen LogP contribution is -2.40. The van der Waals surface area contributed by atoms with Gasteiger partial charge in [0.25, 0.3) is 5.91 Å². The molecule has 0 aliphatic heterocycles. The molecule has 2 heterocycles. The van der Waals surface area contributed by atoms with Gasteiger partial charge in [-0.2, -0.15) is 0 Å². The van der Waals surface area contributed by atoms with Crippen LogP contribution < -0.4 is 5.32 Å². The van der Waals surface area contributed by atoms with Gasteiger partial charge in [0.1, 0.15) is 5.82 Å². The molecular weight excluding hydrogens is 323 g/mol. The van der Waals surface area contributed by atoms with Crippen LogP contribution in [-0.4, -0.2) is 37.7 Å². The highest BCUT2D eigenvalue weighted by Gasteiger charge is 2.34. The number of carbonyl (C=O) groups excluding carboxylic acids is 1. The molecule has 2 aromatic heterocycles. The van der Waals surface area contributed by atoms with Crippen molar-refractivity contribution in [3.63, 3.8) is 0 Å². The van der Waals surface area contributed by atoms with Crippen molar-refractivity contribution in [2.45, 2.75) is 31.5 Å². The van der Waals surface area contributed by atoms with E-state index < -0.39 is 11.9 Å². The zero-order valence-electron chi connectivity index (χ0n) is 13.5. The third kappa shape index (κ3) is 3.15. The van der Waals surface area contributed by atoms with E-state index in [0.717, 1.165) is 6.54 Å². The summed E-state index contributed by atoms with van der Waals surface area (Å²) in [6.45, 7) is 0.754. The summed E-state index contributed by atoms with van der Waals surface area (Å²) in [5.41, 5.74) is 0.853. The average molecular weight is 342 g/mol. The quantitative estimate of drug-likeness (QED) is 0.679. The minimum absolute atomic E-state index is 0.255. The number of aliphatic hydroxyl groups is 1. The lowest BCUT2D eigenvalue weighted by molar-refractivity contribution is 0.0874. The van der Waals surface area contributed by atoms with E-state index in [0.29, 0.717) is 23.7 Å². The zero-order valence-corrected chi connectivity index (χ0v) is 13.5. The Hall–Kier alpha value is -2.67. The smallest absolute Gasteiger partial charge is 0.253 e. The second-order valence-corrected chi connectivity index (χ2v) is 6.64. The minimum atomic E-state index is -0.606. The summed E-state index contributed by atoms with van der Waals surface area (Å²) in [7, 11) is 0. The first kappa shape index (κ1) is 15.8. The van der Waals surface area contributed by atoms with Crippen molar-refractivity contribution in [3.8, 4) is 0 Å². The summed E-state index contributed by atoms with van der Waals surface area (Å²) >= 11 is 0. The van der Waals surface area contributed by atoms with Crippen molar-refractivity contribution in [1.29, 1.82) is 0 Å². The fourth-order valence-electron chi connectivity index (χ4n) is 3.68. The molecule has 7 heteroatoms. The highest BCUT2D eigenvalue weighted by molar-refractivity contribution is 6.05. The Labute approximate surface area is 143 Å². The minimum Gasteiger partial charge on any atom is -0.391 e. The lowest BCUT2D eigenvalue weighted by Gasteiger charge is -2.17. The molecule has 0 spiro atoms. The first-order valence-electron chi connectivity index (χ1n) is 8.31. The Morgan fingerprint density at radius 3 is 3.12 bits per heavy atom. The van der Waals surface area contributed by atoms with Crippen molar-refractivity contribution in [1.82, 2.24) is 19.9 Å². The number of carbonyl (C=O) groups is 1. The lowest BCUT2D eigenvalue weighted by atomic mass is 10.1. The van der Waals surface area contributed by atoms with Gasteiger partial charge in [0.15, 0.2) is 0 Å². The van der Waals surface area contributed by atoms with Gasteiger partial charge in [0.05, 0.1) is 29.6 Å². The predicted molar refractivity (Wildman–Crippen MR) is 90.5 cm³/mol. The van der Waals surface area contributed by atoms with Crippen LogP contribution in [0.3, 0.4) is 0 Å². The maximum absolute atomic E-state index is 13.7. The number of imidazole rings is 1. The number of nitrogens with one attached hydrogen (secondary N) is 2. The Balaban J connectivity index is 1.47. The van der Waals surface area contributed by atoms with Gasteiger partial charge in [0.2, 0.25) is 0 Å². The van der Waals surface area contributed by atoms with Crippen molar-refractivity contribution in [2.75, 3.05) is 0 Å². The number of H-pyrrole nitrogens is 1. The molecule has 4 rings (SSSR count). The molecule has 3 aromatic rings. The molecule has 1 aromatic carbocycles. The van der Waals surface area contributed by atoms with Gasteiger partial charge in [-0.3, -0.25) is 4.79 Å². The van der Waals surface area contributed by atoms with Crippen molar-refractivity contribution in [2.24, 2.45) is 5.92 Å². The first-order valence-corrected chi connectivity index (χ1v) is 8.31. The number of halogens is 1. The van der Waals surface area contributed by atoms with Gasteiger partial charge in [-0.05, 0) is 37.0 Å². The maximum Gasteiger partial charge on any atom is 0.253 e. The van der Waals surface area contributed by atoms with Gasteiger partial charge in [0, 0.05) is 30.5 Å². The number of benzene rings is 1. The monoisotopic (exact) mass is 342 g/mol. The fraction of sp³-hybridized carbons (Fsp3) is 0.333. The van der Waals surface area contributed by atoms with Crippen LogP contribution in [0.1, 0.15) is 23.2 Å². The first-order chi connectivity index (χ1) is 12.1. The van der Waals surface area contributed by atoms with Crippen LogP contribution in [0.4, 0.5) is 4.39 Å². The highest BCUT2D eigenvalue weighted by atomic mass is 19.1. The van der Waals surface area contributed by atoms with Gasteiger partial charge < -0.3 is 20.0 Å². The fourth-order valence-corrected chi connectivity index (χ4v) is 3.68. The Morgan fingerprint density at radius 2 is 2.32 bits per heavy atom. The zero-order chi connectivity index (χ0) is 17.4. The molecule has 0 bridgehead atoms. The predicted octanol–water partition coefficient (Wildman–Crippen LogP) is 2.07. The second-order valence-electron chi connectivity index (χ2n) is 6.64. The Bertz CT molecular complexity index is 890. The van der Waals surface area contributed by atoms with E-state index >= 15 is 0 Å². The number of aromatic nitrogens is 3. The standard InChI is InChI=1S/C18H19FN4O2/c19-13-7-12-1-2-21-17(12)14(8-13)18(25)22-15-5-11(6-16(15)24)9-23-4-3-20-10-23/h1-4,7-8,10-11,15-16,21,24H,5-6,9H2,(H,22,25)/t11?,15-,16-/m1/s1. The average Bonchev–Trinajstić information content (AvgIpc) is 3.29. The van der Waals surface area contributed by atoms with Crippen LogP contribution in [-0.2, 0) is 6.54 Å². The number of aliphatic hydroxyl groups excluding tert-OH is 1. The third-order valence-electron chi connectivity index (χ3n) is 4.84. The number of fused-ring (bicyclic) bond motifs is 1. The Kier molecular flexibility index (Phi) is 4.01. The molecule has 25 heavy (non-hydrogen) atoms. The molecule has 6 nitrogen and oxygen atoms in total. The van der Waals surface area contributed by atoms with Crippen LogP contribution in [0.2, 0.25) is 0 Å². The normalized spacial score (nSPS) is 23.2. The molecule has 3 N–H and O–H groups in total. The number of amides is 1. The molecule has 1 aliphatic rings. The number of nitrogens with zero attached hydrogens (tertiary/aromatic N) is 2. The molecule has 3 atom stereocenters. The largest absolute Gasteiger partial charge is 0.391 e. The highest BCUT2D eigenvalue weighted by Crippen LogP contribution is 2.28. The van der Waals surface area contributed by atoms with Gasteiger partial charge >= 0.3 is 0 Å². The summed E-state index contributed by atoms with van der Waals surface area (Å²) in [4.78, 5) is 19.6. The summed E-state index contributed by atoms with van der Waals surface area (Å²) < 4.78 is 15.7. The number of aromatic amines is 1. The van der Waals surface area contributed by atoms with Gasteiger partial charge in [-0.15, -0.1) is 0 Å².